The summed E-state index contributed by atoms with van der Waals surface area (Å²) in [6.07, 6.45) is 4.12. The van der Waals surface area contributed by atoms with Crippen molar-refractivity contribution < 1.29 is 23.1 Å². The van der Waals surface area contributed by atoms with Crippen molar-refractivity contribution in [2.45, 2.75) is 31.7 Å². The van der Waals surface area contributed by atoms with Crippen molar-refractivity contribution in [3.63, 3.8) is 0 Å². The first-order chi connectivity index (χ1) is 15.3. The molecule has 0 aliphatic heterocycles. The minimum Gasteiger partial charge on any atom is -0.478 e. The van der Waals surface area contributed by atoms with E-state index >= 15 is 0 Å². The second-order valence-electron chi connectivity index (χ2n) is 8.02. The van der Waals surface area contributed by atoms with E-state index in [2.05, 4.69) is 16.0 Å². The lowest BCUT2D eigenvalue weighted by atomic mass is 10.1. The Morgan fingerprint density at radius 1 is 1.22 bits per heavy atom. The van der Waals surface area contributed by atoms with Crippen LogP contribution in [-0.2, 0) is 9.84 Å². The highest BCUT2D eigenvalue weighted by molar-refractivity contribution is 7.90. The third-order valence-electron chi connectivity index (χ3n) is 5.63. The maximum atomic E-state index is 11.5. The van der Waals surface area contributed by atoms with E-state index < -0.39 is 21.9 Å². The number of rotatable bonds is 6. The largest absolute Gasteiger partial charge is 0.478 e. The van der Waals surface area contributed by atoms with Gasteiger partial charge in [0.25, 0.3) is 0 Å². The Hall–Kier alpha value is -3.51. The maximum absolute atomic E-state index is 11.5. The highest BCUT2D eigenvalue weighted by Gasteiger charge is 2.26. The van der Waals surface area contributed by atoms with E-state index in [0.29, 0.717) is 17.0 Å². The molecule has 0 radical (unpaired) electrons. The number of hydrogen-bond acceptors (Lipinski definition) is 5. The molecule has 1 saturated carbocycles. The fourth-order valence-electron chi connectivity index (χ4n) is 4.33. The Kier molecular flexibility index (Phi) is 5.80. The summed E-state index contributed by atoms with van der Waals surface area (Å²) in [5, 5.41) is 22.0. The summed E-state index contributed by atoms with van der Waals surface area (Å²) in [6, 6.07) is 14.7. The molecule has 4 rings (SSSR count). The second kappa shape index (κ2) is 8.55. The van der Waals surface area contributed by atoms with Gasteiger partial charge in [-0.3, -0.25) is 5.32 Å². The number of amides is 1. The molecular weight excluding hydrogens is 430 g/mol. The minimum atomic E-state index is -3.29. The van der Waals surface area contributed by atoms with Gasteiger partial charge in [-0.25, -0.2) is 13.2 Å². The van der Waals surface area contributed by atoms with Crippen LogP contribution < -0.4 is 10.1 Å². The molecule has 0 unspecified atom stereocenters. The van der Waals surface area contributed by atoms with Crippen LogP contribution in [0.2, 0.25) is 0 Å². The van der Waals surface area contributed by atoms with Gasteiger partial charge >= 0.3 is 6.09 Å². The van der Waals surface area contributed by atoms with E-state index in [1.807, 2.05) is 0 Å². The van der Waals surface area contributed by atoms with Crippen molar-refractivity contribution >= 4 is 32.5 Å². The molecule has 1 aliphatic carbocycles. The zero-order valence-corrected chi connectivity index (χ0v) is 18.4. The van der Waals surface area contributed by atoms with Crippen LogP contribution in [-0.4, -0.2) is 36.4 Å². The van der Waals surface area contributed by atoms with E-state index in [-0.39, 0.29) is 6.04 Å². The number of fused-ring (bicyclic) bond motifs is 1. The van der Waals surface area contributed by atoms with E-state index in [4.69, 9.17) is 9.84 Å². The molecule has 166 valence electrons. The van der Waals surface area contributed by atoms with E-state index in [1.165, 1.54) is 0 Å². The number of benzene rings is 2. The molecule has 0 saturated heterocycles. The average molecular weight is 454 g/mol. The van der Waals surface area contributed by atoms with Gasteiger partial charge in [0.1, 0.15) is 11.8 Å². The smallest absolute Gasteiger partial charge is 0.409 e. The molecule has 0 bridgehead atoms. The Labute approximate surface area is 186 Å². The van der Waals surface area contributed by atoms with Crippen molar-refractivity contribution in [1.82, 2.24) is 4.57 Å². The predicted molar refractivity (Wildman–Crippen MR) is 122 cm³/mol. The number of aromatic nitrogens is 1. The van der Waals surface area contributed by atoms with Crippen molar-refractivity contribution in [3.05, 3.63) is 48.0 Å². The summed E-state index contributed by atoms with van der Waals surface area (Å²) in [6.45, 7) is 0. The summed E-state index contributed by atoms with van der Waals surface area (Å²) in [7, 11) is -3.29. The number of ether oxygens (including phenoxy) is 1. The second-order valence-corrected chi connectivity index (χ2v) is 10.1. The topological polar surface area (TPSA) is 121 Å². The van der Waals surface area contributed by atoms with Crippen LogP contribution >= 0.6 is 0 Å². The van der Waals surface area contributed by atoms with Gasteiger partial charge in [0.05, 0.1) is 16.8 Å². The van der Waals surface area contributed by atoms with E-state index in [9.17, 15) is 18.5 Å². The van der Waals surface area contributed by atoms with Crippen LogP contribution in [0.4, 0.5) is 10.5 Å². The number of anilines is 1. The molecular formula is C23H23N3O5S. The number of carbonyl (C=O) groups is 1. The molecule has 32 heavy (non-hydrogen) atoms. The number of nitrogens with one attached hydrogen (secondary N) is 1. The van der Waals surface area contributed by atoms with Crippen LogP contribution in [0.3, 0.4) is 0 Å². The molecule has 9 heteroatoms. The number of hydrogen-bond donors (Lipinski definition) is 2. The van der Waals surface area contributed by atoms with Gasteiger partial charge in [-0.05, 0) is 42.7 Å². The SMILES string of the molecule is CS(=O)(=O)COc1ccc2c(C#N)c(-c3ccc(NC(=O)O)cc3)n(C3CCCC3)c2c1. The van der Waals surface area contributed by atoms with Crippen LogP contribution in [0.5, 0.6) is 5.75 Å². The average Bonchev–Trinajstić information content (AvgIpc) is 3.37. The lowest BCUT2D eigenvalue weighted by molar-refractivity contribution is 0.209. The highest BCUT2D eigenvalue weighted by Crippen LogP contribution is 2.42. The number of nitriles is 1. The molecule has 1 heterocycles. The van der Waals surface area contributed by atoms with Gasteiger partial charge in [0.15, 0.2) is 15.8 Å². The van der Waals surface area contributed by atoms with Gasteiger partial charge in [-0.15, -0.1) is 0 Å². The number of nitrogens with zero attached hydrogens (tertiary/aromatic N) is 2. The van der Waals surface area contributed by atoms with Crippen LogP contribution in [0.1, 0.15) is 37.3 Å². The molecule has 0 atom stereocenters. The van der Waals surface area contributed by atoms with E-state index in [1.54, 1.807) is 42.5 Å². The normalized spacial score (nSPS) is 14.4. The summed E-state index contributed by atoms with van der Waals surface area (Å²) >= 11 is 0. The lowest BCUT2D eigenvalue weighted by Crippen LogP contribution is -2.10. The third kappa shape index (κ3) is 4.41. The zero-order chi connectivity index (χ0) is 22.9. The van der Waals surface area contributed by atoms with Gasteiger partial charge in [-0.2, -0.15) is 5.26 Å². The molecule has 3 aromatic rings. The van der Waals surface area contributed by atoms with Crippen molar-refractivity contribution in [3.8, 4) is 23.1 Å². The minimum absolute atomic E-state index is 0.205. The Bertz CT molecular complexity index is 1310. The predicted octanol–water partition coefficient (Wildman–Crippen LogP) is 4.77. The Balaban J connectivity index is 1.87. The van der Waals surface area contributed by atoms with Crippen molar-refractivity contribution in [2.24, 2.45) is 0 Å². The van der Waals surface area contributed by atoms with Crippen LogP contribution in [0, 0.1) is 11.3 Å². The molecule has 1 amide bonds. The zero-order valence-electron chi connectivity index (χ0n) is 17.5. The first kappa shape index (κ1) is 21.7. The number of sulfone groups is 1. The summed E-state index contributed by atoms with van der Waals surface area (Å²) in [4.78, 5) is 10.9. The fourth-order valence-corrected chi connectivity index (χ4v) is 4.68. The van der Waals surface area contributed by atoms with Crippen LogP contribution in [0.25, 0.3) is 22.2 Å². The lowest BCUT2D eigenvalue weighted by Gasteiger charge is -2.19. The molecule has 2 N–H and O–H groups in total. The third-order valence-corrected chi connectivity index (χ3v) is 6.17. The Morgan fingerprint density at radius 2 is 1.91 bits per heavy atom. The summed E-state index contributed by atoms with van der Waals surface area (Å²) in [5.74, 6) is 0.00951. The van der Waals surface area contributed by atoms with Crippen molar-refractivity contribution in [1.29, 1.82) is 5.26 Å². The molecule has 2 aromatic carbocycles. The van der Waals surface area contributed by atoms with Crippen molar-refractivity contribution in [2.75, 3.05) is 17.5 Å². The number of carboxylic acid groups (broad SMARTS) is 1. The summed E-state index contributed by atoms with van der Waals surface area (Å²) < 4.78 is 30.7. The molecule has 0 spiro atoms. The first-order valence-electron chi connectivity index (χ1n) is 10.3. The molecule has 1 aromatic heterocycles. The quantitative estimate of drug-likeness (QED) is 0.555. The van der Waals surface area contributed by atoms with Gasteiger partial charge in [0, 0.05) is 29.4 Å². The standard InChI is InChI=1S/C23H23N3O5S/c1-32(29,30)14-31-18-10-11-19-20(13-24)22(15-6-8-16(9-7-15)25-23(27)28)26(21(19)12-18)17-4-2-3-5-17/h6-12,17,25H,2-5,14H2,1H3,(H,27,28). The van der Waals surface area contributed by atoms with E-state index in [0.717, 1.165) is 54.1 Å². The van der Waals surface area contributed by atoms with Gasteiger partial charge < -0.3 is 14.4 Å². The monoisotopic (exact) mass is 453 g/mol. The molecule has 8 nitrogen and oxygen atoms in total. The molecule has 1 aliphatic rings. The van der Waals surface area contributed by atoms with Gasteiger partial charge in [-0.1, -0.05) is 25.0 Å². The summed E-state index contributed by atoms with van der Waals surface area (Å²) in [5.41, 5.74) is 3.37. The maximum Gasteiger partial charge on any atom is 0.409 e. The van der Waals surface area contributed by atoms with Crippen LogP contribution in [0.15, 0.2) is 42.5 Å². The molecule has 1 fully saturated rings. The Morgan fingerprint density at radius 3 is 2.50 bits per heavy atom. The first-order valence-corrected chi connectivity index (χ1v) is 12.3. The fraction of sp³-hybridized carbons (Fsp3) is 0.304. The highest BCUT2D eigenvalue weighted by atomic mass is 32.2. The van der Waals surface area contributed by atoms with Gasteiger partial charge in [0.2, 0.25) is 0 Å².